The fourth-order valence-corrected chi connectivity index (χ4v) is 1.30. The summed E-state index contributed by atoms with van der Waals surface area (Å²) in [7, 11) is 1.64. The molecule has 0 aliphatic heterocycles. The Balaban J connectivity index is 2.34. The van der Waals surface area contributed by atoms with Crippen LogP contribution in [0.4, 0.5) is 4.39 Å². The highest BCUT2D eigenvalue weighted by Gasteiger charge is 2.02. The molecule has 2 N–H and O–H groups in total. The van der Waals surface area contributed by atoms with Gasteiger partial charge in [-0.05, 0) is 30.5 Å². The van der Waals surface area contributed by atoms with Crippen molar-refractivity contribution in [2.45, 2.75) is 18.9 Å². The summed E-state index contributed by atoms with van der Waals surface area (Å²) in [4.78, 5) is 0. The first-order valence-electron chi connectivity index (χ1n) is 4.71. The second kappa shape index (κ2) is 5.73. The summed E-state index contributed by atoms with van der Waals surface area (Å²) in [5.41, 5.74) is 6.87. The Morgan fingerprint density at radius 2 is 2.00 bits per heavy atom. The van der Waals surface area contributed by atoms with E-state index >= 15 is 0 Å². The fourth-order valence-electron chi connectivity index (χ4n) is 1.30. The first-order valence-corrected chi connectivity index (χ1v) is 4.71. The topological polar surface area (TPSA) is 35.2 Å². The second-order valence-corrected chi connectivity index (χ2v) is 3.38. The quantitative estimate of drug-likeness (QED) is 0.780. The maximum Gasteiger partial charge on any atom is 0.123 e. The predicted molar refractivity (Wildman–Crippen MR) is 54.6 cm³/mol. The number of methoxy groups -OCH3 is 1. The summed E-state index contributed by atoms with van der Waals surface area (Å²) in [6.07, 6.45) is 1.73. The molecule has 1 unspecified atom stereocenters. The van der Waals surface area contributed by atoms with Gasteiger partial charge in [0.2, 0.25) is 0 Å². The highest BCUT2D eigenvalue weighted by Crippen LogP contribution is 2.06. The first-order chi connectivity index (χ1) is 6.72. The Morgan fingerprint density at radius 1 is 1.36 bits per heavy atom. The monoisotopic (exact) mass is 197 g/mol. The number of hydrogen-bond acceptors (Lipinski definition) is 2. The molecule has 0 bridgehead atoms. The summed E-state index contributed by atoms with van der Waals surface area (Å²) in [5, 5.41) is 0. The Kier molecular flexibility index (Phi) is 4.56. The summed E-state index contributed by atoms with van der Waals surface area (Å²) >= 11 is 0. The van der Waals surface area contributed by atoms with Crippen LogP contribution in [0.1, 0.15) is 12.0 Å². The van der Waals surface area contributed by atoms with Gasteiger partial charge in [-0.15, -0.1) is 0 Å². The van der Waals surface area contributed by atoms with Crippen LogP contribution in [-0.2, 0) is 11.2 Å². The molecule has 0 aliphatic carbocycles. The van der Waals surface area contributed by atoms with Crippen LogP contribution in [0.3, 0.4) is 0 Å². The maximum absolute atomic E-state index is 12.6. The van der Waals surface area contributed by atoms with E-state index in [-0.39, 0.29) is 11.9 Å². The van der Waals surface area contributed by atoms with E-state index in [1.807, 2.05) is 0 Å². The van der Waals surface area contributed by atoms with Gasteiger partial charge in [-0.25, -0.2) is 4.39 Å². The smallest absolute Gasteiger partial charge is 0.123 e. The molecule has 0 heterocycles. The van der Waals surface area contributed by atoms with E-state index in [0.717, 1.165) is 18.4 Å². The molecule has 1 aromatic carbocycles. The Bertz CT molecular complexity index is 260. The average molecular weight is 197 g/mol. The van der Waals surface area contributed by atoms with E-state index < -0.39 is 0 Å². The van der Waals surface area contributed by atoms with Crippen molar-refractivity contribution in [3.63, 3.8) is 0 Å². The minimum atomic E-state index is -0.199. The number of ether oxygens (including phenoxy) is 1. The summed E-state index contributed by atoms with van der Waals surface area (Å²) in [6.45, 7) is 0.571. The molecule has 3 heteroatoms. The van der Waals surface area contributed by atoms with E-state index in [4.69, 9.17) is 10.5 Å². The number of halogens is 1. The third kappa shape index (κ3) is 3.85. The van der Waals surface area contributed by atoms with Crippen LogP contribution in [0.5, 0.6) is 0 Å². The van der Waals surface area contributed by atoms with Crippen LogP contribution in [-0.4, -0.2) is 19.8 Å². The first kappa shape index (κ1) is 11.1. The molecule has 0 saturated carbocycles. The van der Waals surface area contributed by atoms with Crippen molar-refractivity contribution in [3.05, 3.63) is 35.6 Å². The van der Waals surface area contributed by atoms with Crippen LogP contribution >= 0.6 is 0 Å². The Labute approximate surface area is 83.9 Å². The van der Waals surface area contributed by atoms with E-state index in [1.165, 1.54) is 12.1 Å². The van der Waals surface area contributed by atoms with Gasteiger partial charge in [0.25, 0.3) is 0 Å². The molecule has 0 aliphatic rings. The zero-order valence-corrected chi connectivity index (χ0v) is 8.37. The number of aryl methyl sites for hydroxylation is 1. The lowest BCUT2D eigenvalue weighted by Crippen LogP contribution is -2.26. The van der Waals surface area contributed by atoms with Gasteiger partial charge in [0.05, 0.1) is 6.61 Å². The molecule has 78 valence electrons. The molecule has 1 atom stereocenters. The Morgan fingerprint density at radius 3 is 2.57 bits per heavy atom. The van der Waals surface area contributed by atoms with Gasteiger partial charge >= 0.3 is 0 Å². The van der Waals surface area contributed by atoms with Crippen LogP contribution < -0.4 is 5.73 Å². The predicted octanol–water partition coefficient (Wildman–Crippen LogP) is 1.73. The van der Waals surface area contributed by atoms with Gasteiger partial charge in [0.1, 0.15) is 5.82 Å². The van der Waals surface area contributed by atoms with E-state index in [1.54, 1.807) is 19.2 Å². The molecule has 1 aromatic rings. The Hall–Kier alpha value is -0.930. The van der Waals surface area contributed by atoms with Crippen LogP contribution in [0.15, 0.2) is 24.3 Å². The van der Waals surface area contributed by atoms with Crippen molar-refractivity contribution in [1.82, 2.24) is 0 Å². The summed E-state index contributed by atoms with van der Waals surface area (Å²) in [6, 6.07) is 6.57. The van der Waals surface area contributed by atoms with Gasteiger partial charge < -0.3 is 10.5 Å². The third-order valence-electron chi connectivity index (χ3n) is 2.10. The van der Waals surface area contributed by atoms with Gasteiger partial charge in [-0.3, -0.25) is 0 Å². The van der Waals surface area contributed by atoms with Crippen molar-refractivity contribution in [3.8, 4) is 0 Å². The molecule has 0 radical (unpaired) electrons. The molecule has 14 heavy (non-hydrogen) atoms. The normalized spacial score (nSPS) is 12.8. The highest BCUT2D eigenvalue weighted by molar-refractivity contribution is 5.16. The largest absolute Gasteiger partial charge is 0.383 e. The highest BCUT2D eigenvalue weighted by atomic mass is 19.1. The SMILES string of the molecule is COCC(N)CCc1ccc(F)cc1. The molecule has 0 spiro atoms. The standard InChI is InChI=1S/C11H16FNO/c1-14-8-11(13)7-4-9-2-5-10(12)6-3-9/h2-3,5-6,11H,4,7-8,13H2,1H3. The van der Waals surface area contributed by atoms with Crippen molar-refractivity contribution < 1.29 is 9.13 Å². The molecule has 0 saturated heterocycles. The molecule has 0 aromatic heterocycles. The molecule has 0 amide bonds. The zero-order valence-electron chi connectivity index (χ0n) is 8.37. The van der Waals surface area contributed by atoms with Crippen LogP contribution in [0.25, 0.3) is 0 Å². The van der Waals surface area contributed by atoms with Crippen LogP contribution in [0, 0.1) is 5.82 Å². The molecule has 2 nitrogen and oxygen atoms in total. The van der Waals surface area contributed by atoms with Gasteiger partial charge in [-0.1, -0.05) is 12.1 Å². The lowest BCUT2D eigenvalue weighted by atomic mass is 10.1. The van der Waals surface area contributed by atoms with Crippen molar-refractivity contribution in [1.29, 1.82) is 0 Å². The van der Waals surface area contributed by atoms with E-state index in [9.17, 15) is 4.39 Å². The second-order valence-electron chi connectivity index (χ2n) is 3.38. The van der Waals surface area contributed by atoms with Gasteiger partial charge in [-0.2, -0.15) is 0 Å². The fraction of sp³-hybridized carbons (Fsp3) is 0.455. The molecule has 0 fully saturated rings. The third-order valence-corrected chi connectivity index (χ3v) is 2.10. The van der Waals surface area contributed by atoms with E-state index in [0.29, 0.717) is 6.61 Å². The van der Waals surface area contributed by atoms with Crippen LogP contribution in [0.2, 0.25) is 0 Å². The number of hydrogen-bond donors (Lipinski definition) is 1. The minimum Gasteiger partial charge on any atom is -0.383 e. The average Bonchev–Trinajstić information content (AvgIpc) is 2.17. The van der Waals surface area contributed by atoms with Crippen molar-refractivity contribution >= 4 is 0 Å². The molecular formula is C11H16FNO. The van der Waals surface area contributed by atoms with Crippen molar-refractivity contribution in [2.75, 3.05) is 13.7 Å². The maximum atomic E-state index is 12.6. The minimum absolute atomic E-state index is 0.0602. The van der Waals surface area contributed by atoms with Gasteiger partial charge in [0, 0.05) is 13.2 Å². The summed E-state index contributed by atoms with van der Waals surface area (Å²) < 4.78 is 17.5. The molecular weight excluding hydrogens is 181 g/mol. The zero-order chi connectivity index (χ0) is 10.4. The van der Waals surface area contributed by atoms with Crippen molar-refractivity contribution in [2.24, 2.45) is 5.73 Å². The number of rotatable bonds is 5. The lowest BCUT2D eigenvalue weighted by molar-refractivity contribution is 0.177. The number of nitrogens with two attached hydrogens (primary N) is 1. The summed E-state index contributed by atoms with van der Waals surface area (Å²) in [5.74, 6) is -0.199. The lowest BCUT2D eigenvalue weighted by Gasteiger charge is -2.09. The molecule has 1 rings (SSSR count). The number of benzene rings is 1. The van der Waals surface area contributed by atoms with E-state index in [2.05, 4.69) is 0 Å². The van der Waals surface area contributed by atoms with Gasteiger partial charge in [0.15, 0.2) is 0 Å².